The second-order valence-corrected chi connectivity index (χ2v) is 9.19. The number of nitriles is 1. The van der Waals surface area contributed by atoms with Crippen molar-refractivity contribution in [3.05, 3.63) is 98.0 Å². The number of hydrogen-bond acceptors (Lipinski definition) is 6. The fraction of sp³-hybridized carbons (Fsp3) is 0.214. The maximum absolute atomic E-state index is 13.3. The van der Waals surface area contributed by atoms with Crippen molar-refractivity contribution in [3.63, 3.8) is 0 Å². The number of nitrogens with zero attached hydrogens (tertiary/aromatic N) is 4. The smallest absolute Gasteiger partial charge is 0.282 e. The Morgan fingerprint density at radius 2 is 1.97 bits per heavy atom. The molecule has 0 saturated heterocycles. The Labute approximate surface area is 217 Å². The van der Waals surface area contributed by atoms with Gasteiger partial charge in [0, 0.05) is 16.0 Å². The quantitative estimate of drug-likeness (QED) is 0.253. The van der Waals surface area contributed by atoms with Gasteiger partial charge in [0.25, 0.3) is 5.56 Å². The summed E-state index contributed by atoms with van der Waals surface area (Å²) in [6.07, 6.45) is 2.43. The Hall–Kier alpha value is -3.96. The predicted molar refractivity (Wildman–Crippen MR) is 144 cm³/mol. The third-order valence-electron chi connectivity index (χ3n) is 5.92. The molecule has 8 heteroatoms. The maximum atomic E-state index is 13.3. The van der Waals surface area contributed by atoms with Crippen LogP contribution in [0.25, 0.3) is 10.9 Å². The summed E-state index contributed by atoms with van der Waals surface area (Å²) in [6.45, 7) is 4.31. The van der Waals surface area contributed by atoms with Gasteiger partial charge in [-0.1, -0.05) is 48.0 Å². The number of hydrogen-bond donors (Lipinski definition) is 0. The van der Waals surface area contributed by atoms with Crippen LogP contribution in [0.5, 0.6) is 11.5 Å². The highest BCUT2D eigenvalue weighted by atomic mass is 79.9. The van der Waals surface area contributed by atoms with Crippen LogP contribution in [-0.2, 0) is 6.61 Å². The molecule has 0 bridgehead atoms. The van der Waals surface area contributed by atoms with Crippen molar-refractivity contribution in [2.24, 2.45) is 5.10 Å². The van der Waals surface area contributed by atoms with E-state index in [9.17, 15) is 10.1 Å². The van der Waals surface area contributed by atoms with E-state index in [1.807, 2.05) is 43.3 Å². The van der Waals surface area contributed by atoms with Crippen LogP contribution < -0.4 is 15.0 Å². The molecule has 0 aliphatic heterocycles. The molecule has 4 rings (SSSR count). The normalized spacial score (nSPS) is 12.0. The Balaban J connectivity index is 1.66. The molecule has 0 fully saturated rings. The molecule has 4 aromatic rings. The molecule has 0 saturated carbocycles. The summed E-state index contributed by atoms with van der Waals surface area (Å²) in [7, 11) is 1.56. The molecule has 7 nitrogen and oxygen atoms in total. The van der Waals surface area contributed by atoms with Gasteiger partial charge in [0.2, 0.25) is 0 Å². The Bertz CT molecular complexity index is 1540. The van der Waals surface area contributed by atoms with Gasteiger partial charge in [0.15, 0.2) is 11.5 Å². The molecular weight excluding hydrogens is 520 g/mol. The van der Waals surface area contributed by atoms with Gasteiger partial charge < -0.3 is 9.47 Å². The van der Waals surface area contributed by atoms with E-state index in [1.54, 1.807) is 37.6 Å². The van der Waals surface area contributed by atoms with Gasteiger partial charge in [0.1, 0.15) is 12.4 Å². The van der Waals surface area contributed by atoms with E-state index in [1.165, 1.54) is 4.68 Å². The SMILES string of the molecule is CC[C@@H](C)c1nc2ccc(Br)cc2c(=O)n1N=Cc1ccc(OCc2ccccc2C#N)c(OC)c1. The second-order valence-electron chi connectivity index (χ2n) is 8.27. The van der Waals surface area contributed by atoms with E-state index >= 15 is 0 Å². The first-order valence-corrected chi connectivity index (χ1v) is 12.3. The number of methoxy groups -OCH3 is 1. The van der Waals surface area contributed by atoms with Crippen LogP contribution in [0.4, 0.5) is 0 Å². The summed E-state index contributed by atoms with van der Waals surface area (Å²) >= 11 is 3.43. The van der Waals surface area contributed by atoms with E-state index < -0.39 is 0 Å². The molecule has 0 radical (unpaired) electrons. The van der Waals surface area contributed by atoms with Crippen LogP contribution in [0.1, 0.15) is 48.7 Å². The number of benzene rings is 3. The molecular formula is C28H25BrN4O3. The topological polar surface area (TPSA) is 89.5 Å². The fourth-order valence-electron chi connectivity index (χ4n) is 3.70. The third-order valence-corrected chi connectivity index (χ3v) is 6.41. The van der Waals surface area contributed by atoms with Crippen molar-refractivity contribution in [1.82, 2.24) is 9.66 Å². The van der Waals surface area contributed by atoms with Gasteiger partial charge in [0.05, 0.1) is 35.9 Å². The van der Waals surface area contributed by atoms with Gasteiger partial charge in [-0.3, -0.25) is 4.79 Å². The molecule has 0 N–H and O–H groups in total. The minimum atomic E-state index is -0.226. The molecule has 0 spiro atoms. The monoisotopic (exact) mass is 544 g/mol. The molecule has 36 heavy (non-hydrogen) atoms. The predicted octanol–water partition coefficient (Wildman–Crippen LogP) is 6.01. The average molecular weight is 545 g/mol. The van der Waals surface area contributed by atoms with Crippen molar-refractivity contribution in [1.29, 1.82) is 5.26 Å². The lowest BCUT2D eigenvalue weighted by Gasteiger charge is -2.14. The van der Waals surface area contributed by atoms with Crippen molar-refractivity contribution in [3.8, 4) is 17.6 Å². The van der Waals surface area contributed by atoms with Crippen LogP contribution in [0, 0.1) is 11.3 Å². The van der Waals surface area contributed by atoms with E-state index in [0.29, 0.717) is 33.8 Å². The second kappa shape index (κ2) is 11.2. The molecule has 0 aliphatic carbocycles. The summed E-state index contributed by atoms with van der Waals surface area (Å²) < 4.78 is 13.6. The molecule has 1 atom stereocenters. The molecule has 0 unspecified atom stereocenters. The van der Waals surface area contributed by atoms with Gasteiger partial charge >= 0.3 is 0 Å². The molecule has 182 valence electrons. The van der Waals surface area contributed by atoms with E-state index in [2.05, 4.69) is 34.0 Å². The maximum Gasteiger partial charge on any atom is 0.282 e. The van der Waals surface area contributed by atoms with Crippen LogP contribution in [0.2, 0.25) is 0 Å². The summed E-state index contributed by atoms with van der Waals surface area (Å²) in [6, 6.07) is 20.3. The standard InChI is InChI=1S/C28H25BrN4O3/c1-4-18(2)27-32-24-11-10-22(29)14-23(24)28(34)33(27)31-16-19-9-12-25(26(13-19)35-3)36-17-21-8-6-5-7-20(21)15-30/h5-14,16,18H,4,17H2,1-3H3/t18-/m1/s1. The van der Waals surface area contributed by atoms with Gasteiger partial charge in [-0.2, -0.15) is 15.0 Å². The number of halogens is 1. The largest absolute Gasteiger partial charge is 0.493 e. The van der Waals surface area contributed by atoms with Gasteiger partial charge in [-0.15, -0.1) is 0 Å². The first kappa shape index (κ1) is 25.1. The summed E-state index contributed by atoms with van der Waals surface area (Å²) in [5, 5.41) is 14.3. The number of rotatable bonds is 8. The Morgan fingerprint density at radius 3 is 2.72 bits per heavy atom. The molecule has 0 aliphatic rings. The molecule has 3 aromatic carbocycles. The van der Waals surface area contributed by atoms with Crippen LogP contribution in [0.3, 0.4) is 0 Å². The van der Waals surface area contributed by atoms with Crippen LogP contribution in [0.15, 0.2) is 75.0 Å². The van der Waals surface area contributed by atoms with Gasteiger partial charge in [-0.25, -0.2) is 4.98 Å². The number of ether oxygens (including phenoxy) is 2. The first-order chi connectivity index (χ1) is 17.4. The Kier molecular flexibility index (Phi) is 7.81. The Morgan fingerprint density at radius 1 is 1.17 bits per heavy atom. The highest BCUT2D eigenvalue weighted by Gasteiger charge is 2.16. The lowest BCUT2D eigenvalue weighted by atomic mass is 10.1. The van der Waals surface area contributed by atoms with E-state index in [0.717, 1.165) is 22.0 Å². The molecule has 1 heterocycles. The summed E-state index contributed by atoms with van der Waals surface area (Å²) in [5.74, 6) is 1.71. The highest BCUT2D eigenvalue weighted by Crippen LogP contribution is 2.29. The van der Waals surface area contributed by atoms with Crippen LogP contribution >= 0.6 is 15.9 Å². The lowest BCUT2D eigenvalue weighted by molar-refractivity contribution is 0.284. The first-order valence-electron chi connectivity index (χ1n) is 11.5. The third kappa shape index (κ3) is 5.31. The zero-order chi connectivity index (χ0) is 25.7. The average Bonchev–Trinajstić information content (AvgIpc) is 2.91. The zero-order valence-electron chi connectivity index (χ0n) is 20.2. The minimum Gasteiger partial charge on any atom is -0.493 e. The van der Waals surface area contributed by atoms with Crippen molar-refractivity contribution >= 4 is 33.0 Å². The molecule has 1 aromatic heterocycles. The zero-order valence-corrected chi connectivity index (χ0v) is 21.8. The number of fused-ring (bicyclic) bond motifs is 1. The fourth-order valence-corrected chi connectivity index (χ4v) is 4.06. The minimum absolute atomic E-state index is 0.0458. The lowest BCUT2D eigenvalue weighted by Crippen LogP contribution is -2.23. The van der Waals surface area contributed by atoms with E-state index in [4.69, 9.17) is 14.5 Å². The molecule has 0 amide bonds. The summed E-state index contributed by atoms with van der Waals surface area (Å²) in [4.78, 5) is 18.0. The number of aromatic nitrogens is 2. The van der Waals surface area contributed by atoms with Gasteiger partial charge in [-0.05, 0) is 54.4 Å². The van der Waals surface area contributed by atoms with E-state index in [-0.39, 0.29) is 18.1 Å². The van der Waals surface area contributed by atoms with Crippen LogP contribution in [-0.4, -0.2) is 23.0 Å². The van der Waals surface area contributed by atoms with Crippen molar-refractivity contribution in [2.75, 3.05) is 7.11 Å². The highest BCUT2D eigenvalue weighted by molar-refractivity contribution is 9.10. The summed E-state index contributed by atoms with van der Waals surface area (Å²) in [5.41, 5.74) is 2.51. The van der Waals surface area contributed by atoms with Crippen molar-refractivity contribution in [2.45, 2.75) is 32.8 Å². The van der Waals surface area contributed by atoms with Crippen molar-refractivity contribution < 1.29 is 9.47 Å².